The van der Waals surface area contributed by atoms with Crippen molar-refractivity contribution in [3.63, 3.8) is 0 Å². The zero-order valence-electron chi connectivity index (χ0n) is 23.8. The first-order valence-electron chi connectivity index (χ1n) is 13.2. The third-order valence-electron chi connectivity index (χ3n) is 6.89. The van der Waals surface area contributed by atoms with Crippen molar-refractivity contribution in [2.75, 3.05) is 53.2 Å². The molecule has 4 rings (SSSR count). The summed E-state index contributed by atoms with van der Waals surface area (Å²) in [5.74, 6) is -1.91. The molecule has 1 saturated heterocycles. The molecule has 2 atom stereocenters. The molecule has 14 heteroatoms. The molecule has 0 bridgehead atoms. The topological polar surface area (TPSA) is 124 Å². The number of carbonyl (C=O) groups is 3. The summed E-state index contributed by atoms with van der Waals surface area (Å²) in [6.07, 6.45) is -2.42. The van der Waals surface area contributed by atoms with Gasteiger partial charge >= 0.3 is 12.3 Å². The van der Waals surface area contributed by atoms with Crippen LogP contribution in [0, 0.1) is 0 Å². The summed E-state index contributed by atoms with van der Waals surface area (Å²) >= 11 is 13.3. The summed E-state index contributed by atoms with van der Waals surface area (Å²) in [7, 11) is 2.59. The Morgan fingerprint density at radius 1 is 0.860 bits per heavy atom. The maximum atomic E-state index is 13.5. The van der Waals surface area contributed by atoms with Crippen molar-refractivity contribution in [3.8, 4) is 0 Å². The lowest BCUT2D eigenvalue weighted by Crippen LogP contribution is -2.47. The number of nitrogens with zero attached hydrogens (tertiary/aromatic N) is 2. The Labute approximate surface area is 261 Å². The van der Waals surface area contributed by atoms with Gasteiger partial charge in [-0.05, 0) is 31.3 Å². The van der Waals surface area contributed by atoms with Crippen LogP contribution in [-0.4, -0.2) is 85.4 Å². The van der Waals surface area contributed by atoms with Crippen molar-refractivity contribution in [2.45, 2.75) is 17.2 Å². The van der Waals surface area contributed by atoms with Crippen LogP contribution in [0.15, 0.2) is 76.3 Å². The lowest BCUT2D eigenvalue weighted by Gasteiger charge is -2.35. The van der Waals surface area contributed by atoms with Crippen molar-refractivity contribution in [1.29, 1.82) is 0 Å². The van der Waals surface area contributed by atoms with E-state index in [2.05, 4.69) is 10.2 Å². The highest BCUT2D eigenvalue weighted by Gasteiger charge is 2.41. The van der Waals surface area contributed by atoms with Gasteiger partial charge in [-0.15, -0.1) is 0 Å². The number of ether oxygens (including phenoxy) is 4. The van der Waals surface area contributed by atoms with E-state index in [0.29, 0.717) is 31.1 Å². The summed E-state index contributed by atoms with van der Waals surface area (Å²) in [4.78, 5) is 43.0. The standard InChI is InChI=1S/C29H31Cl2N3O8S/c1-33-12-14-34(15-13-33)23(35)16-21-26(41-28(36)39-2)25(24-19(30)10-7-11-20(24)31)27(42-29(37)40-3)22(32-21)17-43(38)18-8-5-4-6-9-18/h4-11,25,32H,12-17H2,1-3H3. The molecule has 2 heterocycles. The monoisotopic (exact) mass is 651 g/mol. The Kier molecular flexibility index (Phi) is 11.1. The fourth-order valence-corrected chi connectivity index (χ4v) is 6.39. The Balaban J connectivity index is 1.89. The molecule has 2 unspecified atom stereocenters. The van der Waals surface area contributed by atoms with Gasteiger partial charge in [-0.1, -0.05) is 47.5 Å². The number of nitrogens with one attached hydrogen (secondary N) is 1. The second-order valence-electron chi connectivity index (χ2n) is 9.66. The molecular weight excluding hydrogens is 621 g/mol. The fourth-order valence-electron chi connectivity index (χ4n) is 4.67. The molecule has 0 aliphatic carbocycles. The maximum Gasteiger partial charge on any atom is 0.513 e. The first kappa shape index (κ1) is 32.3. The van der Waals surface area contributed by atoms with Crippen molar-refractivity contribution in [2.24, 2.45) is 0 Å². The molecule has 0 saturated carbocycles. The van der Waals surface area contributed by atoms with Crippen LogP contribution < -0.4 is 5.32 Å². The zero-order valence-corrected chi connectivity index (χ0v) is 26.1. The minimum Gasteiger partial charge on any atom is -0.437 e. The summed E-state index contributed by atoms with van der Waals surface area (Å²) in [6.45, 7) is 2.40. The van der Waals surface area contributed by atoms with E-state index >= 15 is 0 Å². The third kappa shape index (κ3) is 7.88. The smallest absolute Gasteiger partial charge is 0.437 e. The highest BCUT2D eigenvalue weighted by molar-refractivity contribution is 7.85. The summed E-state index contributed by atoms with van der Waals surface area (Å²) in [5, 5.41) is 3.40. The zero-order chi connectivity index (χ0) is 31.1. The second-order valence-corrected chi connectivity index (χ2v) is 11.9. The number of methoxy groups -OCH3 is 2. The minimum absolute atomic E-state index is 0.124. The second kappa shape index (κ2) is 14.7. The number of hydrogen-bond donors (Lipinski definition) is 1. The van der Waals surface area contributed by atoms with E-state index in [1.54, 1.807) is 53.4 Å². The molecule has 43 heavy (non-hydrogen) atoms. The van der Waals surface area contributed by atoms with Gasteiger partial charge in [0.2, 0.25) is 5.91 Å². The molecule has 2 aromatic rings. The molecule has 2 aliphatic rings. The lowest BCUT2D eigenvalue weighted by atomic mass is 9.89. The van der Waals surface area contributed by atoms with Crippen LogP contribution in [0.25, 0.3) is 0 Å². The molecule has 0 aromatic heterocycles. The highest BCUT2D eigenvalue weighted by Crippen LogP contribution is 2.45. The summed E-state index contributed by atoms with van der Waals surface area (Å²) < 4.78 is 34.3. The van der Waals surface area contributed by atoms with Gasteiger partial charge in [-0.25, -0.2) is 9.59 Å². The number of piperazine rings is 1. The summed E-state index contributed by atoms with van der Waals surface area (Å²) in [5.41, 5.74) is 0.553. The fraction of sp³-hybridized carbons (Fsp3) is 0.345. The molecule has 0 radical (unpaired) electrons. The van der Waals surface area contributed by atoms with Gasteiger partial charge in [0.25, 0.3) is 0 Å². The van der Waals surface area contributed by atoms with Crippen molar-refractivity contribution >= 4 is 52.2 Å². The van der Waals surface area contributed by atoms with Crippen molar-refractivity contribution in [3.05, 3.63) is 87.1 Å². The SMILES string of the molecule is COC(=O)OC1=C(CC(=O)N2CCN(C)CC2)NC(CS(=O)c2ccccc2)=C(OC(=O)OC)C1c1c(Cl)cccc1Cl. The molecule has 2 aliphatic heterocycles. The molecular formula is C29H31Cl2N3O8S. The van der Waals surface area contributed by atoms with E-state index in [0.717, 1.165) is 14.2 Å². The molecule has 11 nitrogen and oxygen atoms in total. The Morgan fingerprint density at radius 3 is 1.98 bits per heavy atom. The van der Waals surface area contributed by atoms with Gasteiger partial charge in [0.1, 0.15) is 17.4 Å². The number of rotatable bonds is 8. The van der Waals surface area contributed by atoms with E-state index in [-0.39, 0.29) is 56.6 Å². The van der Waals surface area contributed by atoms with Gasteiger partial charge < -0.3 is 34.1 Å². The third-order valence-corrected chi connectivity index (χ3v) is 8.90. The van der Waals surface area contributed by atoms with Gasteiger partial charge in [0.05, 0.1) is 48.6 Å². The Hall–Kier alpha value is -3.58. The van der Waals surface area contributed by atoms with E-state index in [1.807, 2.05) is 7.05 Å². The van der Waals surface area contributed by atoms with Crippen molar-refractivity contribution < 1.29 is 37.5 Å². The van der Waals surface area contributed by atoms with Crippen LogP contribution >= 0.6 is 23.2 Å². The molecule has 1 N–H and O–H groups in total. The van der Waals surface area contributed by atoms with Crippen LogP contribution in [0.2, 0.25) is 10.0 Å². The van der Waals surface area contributed by atoms with Gasteiger partial charge in [0.15, 0.2) is 0 Å². The van der Waals surface area contributed by atoms with Crippen molar-refractivity contribution in [1.82, 2.24) is 15.1 Å². The predicted octanol–water partition coefficient (Wildman–Crippen LogP) is 4.64. The number of benzene rings is 2. The van der Waals surface area contributed by atoms with E-state index in [4.69, 9.17) is 42.1 Å². The molecule has 1 amide bonds. The Bertz CT molecular complexity index is 1440. The van der Waals surface area contributed by atoms with Crippen LogP contribution in [0.4, 0.5) is 9.59 Å². The van der Waals surface area contributed by atoms with Gasteiger partial charge in [0, 0.05) is 46.7 Å². The average molecular weight is 653 g/mol. The van der Waals surface area contributed by atoms with Crippen LogP contribution in [-0.2, 0) is 34.5 Å². The van der Waals surface area contributed by atoms with Crippen LogP contribution in [0.3, 0.4) is 0 Å². The largest absolute Gasteiger partial charge is 0.513 e. The highest BCUT2D eigenvalue weighted by atomic mass is 35.5. The van der Waals surface area contributed by atoms with Gasteiger partial charge in [-0.3, -0.25) is 9.00 Å². The normalized spacial score (nSPS) is 18.1. The number of dihydropyridines is 1. The molecule has 1 fully saturated rings. The van der Waals surface area contributed by atoms with E-state index < -0.39 is 29.0 Å². The first-order chi connectivity index (χ1) is 20.6. The summed E-state index contributed by atoms with van der Waals surface area (Å²) in [6, 6.07) is 13.4. The molecule has 2 aromatic carbocycles. The number of halogens is 2. The number of carbonyl (C=O) groups excluding carboxylic acids is 3. The number of hydrogen-bond acceptors (Lipinski definition) is 10. The van der Waals surface area contributed by atoms with E-state index in [1.165, 1.54) is 0 Å². The van der Waals surface area contributed by atoms with E-state index in [9.17, 15) is 18.6 Å². The average Bonchev–Trinajstić information content (AvgIpc) is 3.00. The quantitative estimate of drug-likeness (QED) is 0.404. The Morgan fingerprint density at radius 2 is 1.42 bits per heavy atom. The number of likely N-dealkylation sites (N-methyl/N-ethyl adjacent to an activating group) is 1. The minimum atomic E-state index is -1.63. The van der Waals surface area contributed by atoms with Crippen LogP contribution in [0.1, 0.15) is 17.9 Å². The van der Waals surface area contributed by atoms with Gasteiger partial charge in [-0.2, -0.15) is 0 Å². The lowest BCUT2D eigenvalue weighted by molar-refractivity contribution is -0.132. The molecule has 230 valence electrons. The molecule has 0 spiro atoms. The van der Waals surface area contributed by atoms with Crippen LogP contribution in [0.5, 0.6) is 0 Å². The first-order valence-corrected chi connectivity index (χ1v) is 15.3. The predicted molar refractivity (Wildman–Crippen MR) is 160 cm³/mol. The maximum absolute atomic E-state index is 13.5. The number of amides is 1.